The Labute approximate surface area is 139 Å². The molecule has 0 aromatic carbocycles. The summed E-state index contributed by atoms with van der Waals surface area (Å²) in [4.78, 5) is 22.4. The maximum atomic E-state index is 11.5. The van der Waals surface area contributed by atoms with E-state index in [1.165, 1.54) is 19.3 Å². The molecule has 0 aliphatic carbocycles. The van der Waals surface area contributed by atoms with E-state index in [0.717, 1.165) is 44.6 Å². The van der Waals surface area contributed by atoms with Crippen molar-refractivity contribution in [3.05, 3.63) is 24.8 Å². The number of unbranched alkanes of at least 4 members (excludes halogenated alkanes) is 8. The van der Waals surface area contributed by atoms with E-state index < -0.39 is 18.0 Å². The van der Waals surface area contributed by atoms with E-state index in [0.29, 0.717) is 6.42 Å². The number of rotatable bonds is 14. The predicted octanol–water partition coefficient (Wildman–Crippen LogP) is 3.05. The summed E-state index contributed by atoms with van der Waals surface area (Å²) in [6, 6.07) is 0. The van der Waals surface area contributed by atoms with Crippen LogP contribution in [-0.4, -0.2) is 34.9 Å². The van der Waals surface area contributed by atoms with Gasteiger partial charge in [0.1, 0.15) is 0 Å². The first-order valence-corrected chi connectivity index (χ1v) is 8.39. The van der Waals surface area contributed by atoms with Crippen molar-refractivity contribution in [3.8, 4) is 0 Å². The second-order valence-corrected chi connectivity index (χ2v) is 5.65. The molecular formula is C18H30O5. The number of carbonyl (C=O) groups is 2. The SMILES string of the molecule is C=CC(=O)OC(=O)C(=C)C(O)CCCCCCCCCCCO. The van der Waals surface area contributed by atoms with Crippen LogP contribution in [0, 0.1) is 0 Å². The molecule has 23 heavy (non-hydrogen) atoms. The molecule has 0 spiro atoms. The normalized spacial score (nSPS) is 11.7. The number of ether oxygens (including phenoxy) is 1. The maximum absolute atomic E-state index is 11.5. The lowest BCUT2D eigenvalue weighted by atomic mass is 10.0. The summed E-state index contributed by atoms with van der Waals surface area (Å²) in [6.07, 6.45) is 9.94. The molecule has 132 valence electrons. The molecule has 0 aromatic heterocycles. The molecule has 0 aromatic rings. The highest BCUT2D eigenvalue weighted by Gasteiger charge is 2.19. The summed E-state index contributed by atoms with van der Waals surface area (Å²) in [6.45, 7) is 6.95. The minimum absolute atomic E-state index is 0.0934. The minimum Gasteiger partial charge on any atom is -0.396 e. The van der Waals surface area contributed by atoms with Gasteiger partial charge < -0.3 is 14.9 Å². The first-order chi connectivity index (χ1) is 11.0. The van der Waals surface area contributed by atoms with Crippen LogP contribution in [0.15, 0.2) is 24.8 Å². The van der Waals surface area contributed by atoms with Crippen LogP contribution < -0.4 is 0 Å². The summed E-state index contributed by atoms with van der Waals surface area (Å²) < 4.78 is 4.41. The standard InChI is InChI=1S/C18H30O5/c1-3-17(21)23-18(22)15(2)16(20)13-11-9-7-5-4-6-8-10-12-14-19/h3,16,19-20H,1-2,4-14H2. The van der Waals surface area contributed by atoms with Crippen LogP contribution in [0.25, 0.3) is 0 Å². The molecule has 0 amide bonds. The molecule has 2 N–H and O–H groups in total. The summed E-state index contributed by atoms with van der Waals surface area (Å²) >= 11 is 0. The van der Waals surface area contributed by atoms with Gasteiger partial charge in [-0.2, -0.15) is 0 Å². The van der Waals surface area contributed by atoms with Crippen LogP contribution in [-0.2, 0) is 14.3 Å². The third-order valence-corrected chi connectivity index (χ3v) is 3.66. The van der Waals surface area contributed by atoms with Crippen LogP contribution in [0.4, 0.5) is 0 Å². The Morgan fingerprint density at radius 3 is 1.91 bits per heavy atom. The van der Waals surface area contributed by atoms with E-state index in [-0.39, 0.29) is 12.2 Å². The zero-order chi connectivity index (χ0) is 17.5. The fraction of sp³-hybridized carbons (Fsp3) is 0.667. The van der Waals surface area contributed by atoms with Gasteiger partial charge in [0.25, 0.3) is 0 Å². The lowest BCUT2D eigenvalue weighted by molar-refractivity contribution is -0.153. The molecule has 0 aliphatic heterocycles. The number of aliphatic hydroxyl groups is 2. The number of hydrogen-bond donors (Lipinski definition) is 2. The van der Waals surface area contributed by atoms with E-state index in [4.69, 9.17) is 5.11 Å². The Kier molecular flexibility index (Phi) is 13.3. The summed E-state index contributed by atoms with van der Waals surface area (Å²) in [5.41, 5.74) is -0.0934. The second-order valence-electron chi connectivity index (χ2n) is 5.65. The minimum atomic E-state index is -0.974. The van der Waals surface area contributed by atoms with Gasteiger partial charge in [-0.3, -0.25) is 0 Å². The van der Waals surface area contributed by atoms with Gasteiger partial charge in [-0.25, -0.2) is 9.59 Å². The molecule has 0 radical (unpaired) electrons. The van der Waals surface area contributed by atoms with E-state index >= 15 is 0 Å². The van der Waals surface area contributed by atoms with Crippen LogP contribution in [0.3, 0.4) is 0 Å². The van der Waals surface area contributed by atoms with Crippen molar-refractivity contribution in [2.45, 2.75) is 70.3 Å². The van der Waals surface area contributed by atoms with Gasteiger partial charge in [0.05, 0.1) is 11.7 Å². The highest BCUT2D eigenvalue weighted by atomic mass is 16.6. The molecule has 5 heteroatoms. The number of carbonyl (C=O) groups excluding carboxylic acids is 2. The first-order valence-electron chi connectivity index (χ1n) is 8.39. The van der Waals surface area contributed by atoms with Gasteiger partial charge in [0.2, 0.25) is 0 Å². The summed E-state index contributed by atoms with van der Waals surface area (Å²) in [5, 5.41) is 18.5. The molecule has 0 rings (SSSR count). The molecular weight excluding hydrogens is 296 g/mol. The average Bonchev–Trinajstić information content (AvgIpc) is 2.55. The molecule has 0 saturated carbocycles. The Balaban J connectivity index is 3.60. The van der Waals surface area contributed by atoms with Gasteiger partial charge in [-0.1, -0.05) is 64.5 Å². The molecule has 1 atom stereocenters. The predicted molar refractivity (Wildman–Crippen MR) is 89.7 cm³/mol. The highest BCUT2D eigenvalue weighted by Crippen LogP contribution is 2.14. The molecule has 0 heterocycles. The zero-order valence-electron chi connectivity index (χ0n) is 14.0. The van der Waals surface area contributed by atoms with Gasteiger partial charge in [0.15, 0.2) is 0 Å². The Hall–Kier alpha value is -1.46. The number of esters is 2. The third kappa shape index (κ3) is 11.7. The van der Waals surface area contributed by atoms with Crippen LogP contribution in [0.1, 0.15) is 64.2 Å². The van der Waals surface area contributed by atoms with E-state index in [1.54, 1.807) is 0 Å². The quantitative estimate of drug-likeness (QED) is 0.222. The smallest absolute Gasteiger partial charge is 0.343 e. The van der Waals surface area contributed by atoms with Crippen molar-refractivity contribution in [1.29, 1.82) is 0 Å². The van der Waals surface area contributed by atoms with Gasteiger partial charge in [-0.15, -0.1) is 0 Å². The Morgan fingerprint density at radius 1 is 0.957 bits per heavy atom. The van der Waals surface area contributed by atoms with Gasteiger partial charge >= 0.3 is 11.9 Å². The van der Waals surface area contributed by atoms with Crippen LogP contribution in [0.2, 0.25) is 0 Å². The molecule has 0 bridgehead atoms. The van der Waals surface area contributed by atoms with Crippen molar-refractivity contribution in [1.82, 2.24) is 0 Å². The summed E-state index contributed by atoms with van der Waals surface area (Å²) in [7, 11) is 0. The van der Waals surface area contributed by atoms with Gasteiger partial charge in [-0.05, 0) is 12.8 Å². The van der Waals surface area contributed by atoms with Gasteiger partial charge in [0, 0.05) is 12.7 Å². The molecule has 0 saturated heterocycles. The van der Waals surface area contributed by atoms with E-state index in [2.05, 4.69) is 17.9 Å². The van der Waals surface area contributed by atoms with Crippen molar-refractivity contribution in [2.24, 2.45) is 0 Å². The summed E-state index contributed by atoms with van der Waals surface area (Å²) in [5.74, 6) is -1.74. The van der Waals surface area contributed by atoms with Crippen molar-refractivity contribution < 1.29 is 24.5 Å². The number of aliphatic hydroxyl groups excluding tert-OH is 2. The average molecular weight is 326 g/mol. The third-order valence-electron chi connectivity index (χ3n) is 3.66. The molecule has 0 fully saturated rings. The maximum Gasteiger partial charge on any atom is 0.343 e. The van der Waals surface area contributed by atoms with Crippen LogP contribution >= 0.6 is 0 Å². The Morgan fingerprint density at radius 2 is 1.43 bits per heavy atom. The second kappa shape index (κ2) is 14.2. The fourth-order valence-corrected chi connectivity index (χ4v) is 2.20. The highest BCUT2D eigenvalue weighted by molar-refractivity contribution is 5.99. The van der Waals surface area contributed by atoms with Crippen molar-refractivity contribution in [2.75, 3.05) is 6.61 Å². The molecule has 1 unspecified atom stereocenters. The molecule has 5 nitrogen and oxygen atoms in total. The van der Waals surface area contributed by atoms with Crippen molar-refractivity contribution in [3.63, 3.8) is 0 Å². The van der Waals surface area contributed by atoms with E-state index in [1.807, 2.05) is 0 Å². The lowest BCUT2D eigenvalue weighted by Gasteiger charge is -2.11. The topological polar surface area (TPSA) is 83.8 Å². The fourth-order valence-electron chi connectivity index (χ4n) is 2.20. The van der Waals surface area contributed by atoms with Crippen LogP contribution in [0.5, 0.6) is 0 Å². The number of hydrogen-bond acceptors (Lipinski definition) is 5. The zero-order valence-corrected chi connectivity index (χ0v) is 14.0. The largest absolute Gasteiger partial charge is 0.396 e. The Bertz CT molecular complexity index is 376. The lowest BCUT2D eigenvalue weighted by Crippen LogP contribution is -2.21. The monoisotopic (exact) mass is 326 g/mol. The first kappa shape index (κ1) is 21.5. The molecule has 0 aliphatic rings. The van der Waals surface area contributed by atoms with Crippen molar-refractivity contribution >= 4 is 11.9 Å². The van der Waals surface area contributed by atoms with E-state index in [9.17, 15) is 14.7 Å².